The summed E-state index contributed by atoms with van der Waals surface area (Å²) in [4.78, 5) is 4.13. The molecule has 0 amide bonds. The number of aromatic nitrogens is 1. The zero-order valence-electron chi connectivity index (χ0n) is 10.3. The van der Waals surface area contributed by atoms with Crippen LogP contribution in [0.15, 0.2) is 30.5 Å². The number of pyridine rings is 1. The summed E-state index contributed by atoms with van der Waals surface area (Å²) in [5.74, 6) is -1.13. The summed E-state index contributed by atoms with van der Waals surface area (Å²) < 4.78 is 27.2. The molecule has 0 aliphatic heterocycles. The maximum Gasteiger partial charge on any atom is 0.152 e. The average molecular weight is 248 g/mol. The van der Waals surface area contributed by atoms with Crippen molar-refractivity contribution in [1.82, 2.24) is 4.98 Å². The summed E-state index contributed by atoms with van der Waals surface area (Å²) in [6.07, 6.45) is 1.69. The van der Waals surface area contributed by atoms with Gasteiger partial charge in [-0.2, -0.15) is 0 Å². The molecule has 1 N–H and O–H groups in total. The van der Waals surface area contributed by atoms with Crippen molar-refractivity contribution >= 4 is 5.69 Å². The Morgan fingerprint density at radius 2 is 1.89 bits per heavy atom. The minimum atomic E-state index is -0.585. The summed E-state index contributed by atoms with van der Waals surface area (Å²) in [5.41, 5.74) is 2.11. The van der Waals surface area contributed by atoms with Crippen LogP contribution in [0.25, 0.3) is 0 Å². The highest BCUT2D eigenvalue weighted by Crippen LogP contribution is 2.22. The number of hydrogen-bond acceptors (Lipinski definition) is 2. The van der Waals surface area contributed by atoms with Gasteiger partial charge >= 0.3 is 0 Å². The third kappa shape index (κ3) is 2.64. The van der Waals surface area contributed by atoms with Crippen molar-refractivity contribution in [3.8, 4) is 0 Å². The molecule has 0 atom stereocenters. The average Bonchev–Trinajstić information content (AvgIpc) is 2.36. The molecule has 0 radical (unpaired) electrons. The second-order valence-corrected chi connectivity index (χ2v) is 4.21. The van der Waals surface area contributed by atoms with Gasteiger partial charge in [-0.15, -0.1) is 0 Å². The first-order chi connectivity index (χ1) is 8.58. The Labute approximate surface area is 105 Å². The van der Waals surface area contributed by atoms with Crippen LogP contribution in [0.5, 0.6) is 0 Å². The molecule has 0 aliphatic carbocycles. The summed E-state index contributed by atoms with van der Waals surface area (Å²) >= 11 is 0. The second kappa shape index (κ2) is 5.12. The molecule has 2 aromatic rings. The van der Waals surface area contributed by atoms with Crippen LogP contribution in [0.1, 0.15) is 16.8 Å². The molecule has 18 heavy (non-hydrogen) atoms. The van der Waals surface area contributed by atoms with E-state index in [4.69, 9.17) is 0 Å². The molecule has 1 heterocycles. The molecule has 0 aliphatic rings. The molecular weight excluding hydrogens is 234 g/mol. The smallest absolute Gasteiger partial charge is 0.152 e. The highest BCUT2D eigenvalue weighted by molar-refractivity contribution is 5.49. The van der Waals surface area contributed by atoms with E-state index < -0.39 is 11.6 Å². The number of benzene rings is 1. The van der Waals surface area contributed by atoms with Crippen molar-refractivity contribution in [3.05, 3.63) is 58.9 Å². The van der Waals surface area contributed by atoms with Crippen molar-refractivity contribution in [2.45, 2.75) is 20.4 Å². The molecule has 0 saturated heterocycles. The van der Waals surface area contributed by atoms with E-state index >= 15 is 0 Å². The van der Waals surface area contributed by atoms with Crippen LogP contribution in [0.4, 0.5) is 14.5 Å². The normalized spacial score (nSPS) is 10.4. The number of rotatable bonds is 3. The first kappa shape index (κ1) is 12.5. The van der Waals surface area contributed by atoms with Crippen LogP contribution in [-0.2, 0) is 6.54 Å². The van der Waals surface area contributed by atoms with E-state index in [9.17, 15) is 8.78 Å². The standard InChI is InChI=1S/C14H14F2N2/c1-9-3-6-12(15)14(13(9)16)18-8-11-5-4-10(2)17-7-11/h3-7,18H,8H2,1-2H3. The minimum Gasteiger partial charge on any atom is -0.376 e. The lowest BCUT2D eigenvalue weighted by molar-refractivity contribution is 0.582. The predicted molar refractivity (Wildman–Crippen MR) is 67.4 cm³/mol. The molecule has 2 nitrogen and oxygen atoms in total. The number of aryl methyl sites for hydroxylation is 2. The quantitative estimate of drug-likeness (QED) is 0.897. The molecule has 1 aromatic heterocycles. The Morgan fingerprint density at radius 3 is 2.56 bits per heavy atom. The van der Waals surface area contributed by atoms with Crippen LogP contribution in [0.3, 0.4) is 0 Å². The van der Waals surface area contributed by atoms with E-state index in [1.165, 1.54) is 12.1 Å². The van der Waals surface area contributed by atoms with Crippen LogP contribution in [0.2, 0.25) is 0 Å². The summed E-state index contributed by atoms with van der Waals surface area (Å²) in [7, 11) is 0. The van der Waals surface area contributed by atoms with Crippen molar-refractivity contribution in [3.63, 3.8) is 0 Å². The molecule has 4 heteroatoms. The van der Waals surface area contributed by atoms with Gasteiger partial charge in [0.15, 0.2) is 5.82 Å². The molecular formula is C14H14F2N2. The van der Waals surface area contributed by atoms with Gasteiger partial charge in [-0.25, -0.2) is 8.78 Å². The zero-order valence-corrected chi connectivity index (χ0v) is 10.3. The Hall–Kier alpha value is -1.97. The molecule has 2 rings (SSSR count). The molecule has 0 unspecified atom stereocenters. The highest BCUT2D eigenvalue weighted by atomic mass is 19.1. The van der Waals surface area contributed by atoms with E-state index in [1.807, 2.05) is 19.1 Å². The Kier molecular flexibility index (Phi) is 3.55. The summed E-state index contributed by atoms with van der Waals surface area (Å²) in [6, 6.07) is 6.42. The van der Waals surface area contributed by atoms with Crippen molar-refractivity contribution in [2.75, 3.05) is 5.32 Å². The SMILES string of the molecule is Cc1ccc(CNc2c(F)ccc(C)c2F)cn1. The number of anilines is 1. The fraction of sp³-hybridized carbons (Fsp3) is 0.214. The zero-order chi connectivity index (χ0) is 13.1. The van der Waals surface area contributed by atoms with E-state index in [2.05, 4.69) is 10.3 Å². The molecule has 0 spiro atoms. The van der Waals surface area contributed by atoms with Crippen LogP contribution >= 0.6 is 0 Å². The lowest BCUT2D eigenvalue weighted by Gasteiger charge is -2.10. The van der Waals surface area contributed by atoms with Crippen LogP contribution in [-0.4, -0.2) is 4.98 Å². The van der Waals surface area contributed by atoms with Gasteiger partial charge in [0.2, 0.25) is 0 Å². The summed E-state index contributed by atoms with van der Waals surface area (Å²) in [6.45, 7) is 3.83. The third-order valence-corrected chi connectivity index (χ3v) is 2.73. The first-order valence-electron chi connectivity index (χ1n) is 5.68. The van der Waals surface area contributed by atoms with Crippen molar-refractivity contribution in [1.29, 1.82) is 0 Å². The molecule has 0 saturated carbocycles. The monoisotopic (exact) mass is 248 g/mol. The van der Waals surface area contributed by atoms with E-state index in [1.54, 1.807) is 13.1 Å². The van der Waals surface area contributed by atoms with E-state index in [0.717, 1.165) is 11.3 Å². The maximum absolute atomic E-state index is 13.7. The lowest BCUT2D eigenvalue weighted by Crippen LogP contribution is -2.05. The van der Waals surface area contributed by atoms with Gasteiger partial charge in [0, 0.05) is 18.4 Å². The van der Waals surface area contributed by atoms with E-state index in [0.29, 0.717) is 12.1 Å². The highest BCUT2D eigenvalue weighted by Gasteiger charge is 2.10. The van der Waals surface area contributed by atoms with Gasteiger partial charge in [-0.1, -0.05) is 12.1 Å². The second-order valence-electron chi connectivity index (χ2n) is 4.21. The molecule has 0 fully saturated rings. The largest absolute Gasteiger partial charge is 0.376 e. The molecule has 1 aromatic carbocycles. The van der Waals surface area contributed by atoms with Gasteiger partial charge in [0.1, 0.15) is 11.5 Å². The molecule has 0 bridgehead atoms. The number of nitrogens with one attached hydrogen (secondary N) is 1. The Morgan fingerprint density at radius 1 is 1.11 bits per heavy atom. The fourth-order valence-corrected chi connectivity index (χ4v) is 1.61. The van der Waals surface area contributed by atoms with E-state index in [-0.39, 0.29) is 5.69 Å². The number of hydrogen-bond donors (Lipinski definition) is 1. The first-order valence-corrected chi connectivity index (χ1v) is 5.68. The van der Waals surface area contributed by atoms with Gasteiger partial charge in [0.25, 0.3) is 0 Å². The predicted octanol–water partition coefficient (Wildman–Crippen LogP) is 3.59. The fourth-order valence-electron chi connectivity index (χ4n) is 1.61. The topological polar surface area (TPSA) is 24.9 Å². The van der Waals surface area contributed by atoms with Gasteiger partial charge in [-0.3, -0.25) is 4.98 Å². The Balaban J connectivity index is 2.15. The minimum absolute atomic E-state index is 0.0874. The summed E-state index contributed by atoms with van der Waals surface area (Å²) in [5, 5.41) is 2.77. The Bertz CT molecular complexity index is 550. The van der Waals surface area contributed by atoms with Gasteiger partial charge in [0.05, 0.1) is 0 Å². The van der Waals surface area contributed by atoms with Crippen LogP contribution in [0, 0.1) is 25.5 Å². The third-order valence-electron chi connectivity index (χ3n) is 2.73. The lowest BCUT2D eigenvalue weighted by atomic mass is 10.2. The molecule has 94 valence electrons. The van der Waals surface area contributed by atoms with Crippen molar-refractivity contribution < 1.29 is 8.78 Å². The van der Waals surface area contributed by atoms with Gasteiger partial charge in [-0.05, 0) is 37.1 Å². The van der Waals surface area contributed by atoms with Crippen molar-refractivity contribution in [2.24, 2.45) is 0 Å². The van der Waals surface area contributed by atoms with Gasteiger partial charge < -0.3 is 5.32 Å². The number of nitrogens with zero attached hydrogens (tertiary/aromatic N) is 1. The maximum atomic E-state index is 13.7. The number of halogens is 2. The van der Waals surface area contributed by atoms with Crippen LogP contribution < -0.4 is 5.32 Å².